The molecule has 0 aromatic carbocycles. The van der Waals surface area contributed by atoms with E-state index < -0.39 is 24.7 Å². The molecule has 2 heterocycles. The number of alkyl halides is 3. The Balaban J connectivity index is 1.81. The van der Waals surface area contributed by atoms with Crippen LogP contribution in [-0.2, 0) is 11.2 Å². The summed E-state index contributed by atoms with van der Waals surface area (Å²) >= 11 is 0. The Hall–Kier alpha value is -1.68. The number of hydrogen-bond acceptors (Lipinski definition) is 6. The zero-order valence-corrected chi connectivity index (χ0v) is 14.4. The van der Waals surface area contributed by atoms with Crippen LogP contribution in [0.15, 0.2) is 4.52 Å². The predicted octanol–water partition coefficient (Wildman–Crippen LogP) is 1.08. The summed E-state index contributed by atoms with van der Waals surface area (Å²) in [5, 5.41) is 9.17. The molecule has 25 heavy (non-hydrogen) atoms. The summed E-state index contributed by atoms with van der Waals surface area (Å²) in [6.45, 7) is 5.00. The van der Waals surface area contributed by atoms with Crippen LogP contribution in [0, 0.1) is 0 Å². The summed E-state index contributed by atoms with van der Waals surface area (Å²) in [5.74, 6) is 0.506. The highest BCUT2D eigenvalue weighted by molar-refractivity contribution is 5.76. The topological polar surface area (TPSA) is 83.3 Å². The molecule has 10 heteroatoms. The first kappa shape index (κ1) is 19.6. The van der Waals surface area contributed by atoms with E-state index in [1.165, 1.54) is 4.90 Å². The van der Waals surface area contributed by atoms with Crippen molar-refractivity contribution in [1.29, 1.82) is 0 Å². The molecule has 1 aliphatic rings. The van der Waals surface area contributed by atoms with Gasteiger partial charge in [-0.2, -0.15) is 18.2 Å². The van der Waals surface area contributed by atoms with Crippen molar-refractivity contribution < 1.29 is 22.5 Å². The number of aryl methyl sites for hydroxylation is 1. The maximum absolute atomic E-state index is 13.2. The van der Waals surface area contributed by atoms with Crippen LogP contribution in [0.2, 0.25) is 0 Å². The first-order valence-electron chi connectivity index (χ1n) is 8.38. The molecule has 0 aliphatic carbocycles. The van der Waals surface area contributed by atoms with Crippen molar-refractivity contribution >= 4 is 5.91 Å². The van der Waals surface area contributed by atoms with Crippen LogP contribution in [0.1, 0.15) is 37.9 Å². The van der Waals surface area contributed by atoms with Crippen LogP contribution in [0.3, 0.4) is 0 Å². The van der Waals surface area contributed by atoms with Gasteiger partial charge in [0.15, 0.2) is 5.82 Å². The van der Waals surface area contributed by atoms with Gasteiger partial charge in [-0.15, -0.1) is 0 Å². The van der Waals surface area contributed by atoms with Crippen LogP contribution in [0.25, 0.3) is 0 Å². The molecule has 0 spiro atoms. The Morgan fingerprint density at radius 1 is 1.36 bits per heavy atom. The van der Waals surface area contributed by atoms with Gasteiger partial charge in [-0.25, -0.2) is 0 Å². The molecule has 0 bridgehead atoms. The lowest BCUT2D eigenvalue weighted by molar-refractivity contribution is -0.184. The second-order valence-electron chi connectivity index (χ2n) is 6.35. The minimum Gasteiger partial charge on any atom is -0.354 e. The van der Waals surface area contributed by atoms with E-state index in [0.717, 1.165) is 0 Å². The zero-order valence-electron chi connectivity index (χ0n) is 14.4. The molecule has 1 aliphatic heterocycles. The van der Waals surface area contributed by atoms with E-state index in [2.05, 4.69) is 20.8 Å². The number of halogens is 3. The second-order valence-corrected chi connectivity index (χ2v) is 6.35. The number of carbonyl (C=O) groups is 1. The van der Waals surface area contributed by atoms with Gasteiger partial charge in [0.2, 0.25) is 11.8 Å². The van der Waals surface area contributed by atoms with Crippen molar-refractivity contribution in [1.82, 2.24) is 25.7 Å². The lowest BCUT2D eigenvalue weighted by Gasteiger charge is -2.35. The third kappa shape index (κ3) is 5.96. The van der Waals surface area contributed by atoms with Gasteiger partial charge < -0.3 is 15.2 Å². The van der Waals surface area contributed by atoms with Crippen molar-refractivity contribution in [2.24, 2.45) is 0 Å². The van der Waals surface area contributed by atoms with Gasteiger partial charge in [0.05, 0.1) is 0 Å². The van der Waals surface area contributed by atoms with Crippen molar-refractivity contribution in [2.45, 2.75) is 44.8 Å². The maximum Gasteiger partial charge on any atom is 0.405 e. The van der Waals surface area contributed by atoms with Crippen LogP contribution < -0.4 is 10.6 Å². The Morgan fingerprint density at radius 3 is 2.60 bits per heavy atom. The van der Waals surface area contributed by atoms with Crippen LogP contribution in [0.5, 0.6) is 0 Å². The molecule has 7 nitrogen and oxygen atoms in total. The Bertz CT molecular complexity index is 556. The number of rotatable bonds is 7. The van der Waals surface area contributed by atoms with Gasteiger partial charge in [0.25, 0.3) is 0 Å². The van der Waals surface area contributed by atoms with Gasteiger partial charge in [0.1, 0.15) is 6.04 Å². The van der Waals surface area contributed by atoms with Gasteiger partial charge in [-0.3, -0.25) is 9.69 Å². The first-order chi connectivity index (χ1) is 11.8. The van der Waals surface area contributed by atoms with Gasteiger partial charge in [-0.1, -0.05) is 19.0 Å². The molecule has 0 radical (unpaired) electrons. The highest BCUT2D eigenvalue weighted by atomic mass is 19.4. The molecule has 2 N–H and O–H groups in total. The summed E-state index contributed by atoms with van der Waals surface area (Å²) in [4.78, 5) is 17.4. The van der Waals surface area contributed by atoms with E-state index in [0.29, 0.717) is 37.9 Å². The fourth-order valence-electron chi connectivity index (χ4n) is 2.57. The van der Waals surface area contributed by atoms with Crippen molar-refractivity contribution in [2.75, 3.05) is 32.7 Å². The molecule has 1 unspecified atom stereocenters. The third-order valence-electron chi connectivity index (χ3n) is 4.03. The minimum atomic E-state index is -4.39. The lowest BCUT2D eigenvalue weighted by Crippen LogP contribution is -2.57. The molecule has 1 atom stereocenters. The lowest BCUT2D eigenvalue weighted by atomic mass is 10.2. The molecule has 0 saturated carbocycles. The highest BCUT2D eigenvalue weighted by Crippen LogP contribution is 2.24. The SMILES string of the molecule is CC(C)c1noc(CCC(=O)NCC(N2CCNCC2)C(F)(F)F)n1. The Labute approximate surface area is 144 Å². The van der Waals surface area contributed by atoms with Gasteiger partial charge in [0, 0.05) is 51.5 Å². The van der Waals surface area contributed by atoms with Crippen LogP contribution in [-0.4, -0.2) is 65.9 Å². The third-order valence-corrected chi connectivity index (χ3v) is 4.03. The molecule has 1 aromatic heterocycles. The van der Waals surface area contributed by atoms with Crippen molar-refractivity contribution in [3.05, 3.63) is 11.7 Å². The summed E-state index contributed by atoms with van der Waals surface area (Å²) in [7, 11) is 0. The largest absolute Gasteiger partial charge is 0.405 e. The summed E-state index contributed by atoms with van der Waals surface area (Å²) < 4.78 is 44.7. The number of nitrogens with one attached hydrogen (secondary N) is 2. The predicted molar refractivity (Wildman–Crippen MR) is 84.0 cm³/mol. The molecular weight excluding hydrogens is 339 g/mol. The van der Waals surface area contributed by atoms with E-state index in [1.807, 2.05) is 13.8 Å². The summed E-state index contributed by atoms with van der Waals surface area (Å²) in [5.41, 5.74) is 0. The molecule has 1 aromatic rings. The fourth-order valence-corrected chi connectivity index (χ4v) is 2.57. The fraction of sp³-hybridized carbons (Fsp3) is 0.800. The molecule has 2 rings (SSSR count). The van der Waals surface area contributed by atoms with E-state index in [4.69, 9.17) is 4.52 Å². The molecular formula is C15H24F3N5O2. The zero-order chi connectivity index (χ0) is 18.4. The van der Waals surface area contributed by atoms with E-state index in [9.17, 15) is 18.0 Å². The Kier molecular flexibility index (Phi) is 6.77. The van der Waals surface area contributed by atoms with E-state index in [-0.39, 0.29) is 18.8 Å². The average Bonchev–Trinajstić information content (AvgIpc) is 3.02. The quantitative estimate of drug-likeness (QED) is 0.754. The number of amides is 1. The number of nitrogens with zero attached hydrogens (tertiary/aromatic N) is 3. The minimum absolute atomic E-state index is 0.00581. The van der Waals surface area contributed by atoms with Crippen LogP contribution in [0.4, 0.5) is 13.2 Å². The van der Waals surface area contributed by atoms with Gasteiger partial charge in [-0.05, 0) is 0 Å². The number of hydrogen-bond donors (Lipinski definition) is 2. The number of piperazine rings is 1. The standard InChI is InChI=1S/C15H24F3N5O2/c1-10(2)14-21-13(25-22-14)4-3-12(24)20-9-11(15(16,17)18)23-7-5-19-6-8-23/h10-11,19H,3-9H2,1-2H3,(H,20,24). The summed E-state index contributed by atoms with van der Waals surface area (Å²) in [6, 6.07) is -1.67. The number of carbonyl (C=O) groups excluding carboxylic acids is 1. The summed E-state index contributed by atoms with van der Waals surface area (Å²) in [6.07, 6.45) is -4.18. The monoisotopic (exact) mass is 363 g/mol. The van der Waals surface area contributed by atoms with Crippen LogP contribution >= 0.6 is 0 Å². The smallest absolute Gasteiger partial charge is 0.354 e. The normalized spacial score (nSPS) is 17.7. The first-order valence-corrected chi connectivity index (χ1v) is 8.38. The maximum atomic E-state index is 13.2. The van der Waals surface area contributed by atoms with E-state index >= 15 is 0 Å². The molecule has 142 valence electrons. The highest BCUT2D eigenvalue weighted by Gasteiger charge is 2.43. The van der Waals surface area contributed by atoms with E-state index in [1.54, 1.807) is 0 Å². The molecule has 1 amide bonds. The van der Waals surface area contributed by atoms with Crippen molar-refractivity contribution in [3.63, 3.8) is 0 Å². The Morgan fingerprint density at radius 2 is 2.04 bits per heavy atom. The average molecular weight is 363 g/mol. The molecule has 1 saturated heterocycles. The second kappa shape index (κ2) is 8.61. The van der Waals surface area contributed by atoms with Crippen molar-refractivity contribution in [3.8, 4) is 0 Å². The number of aromatic nitrogens is 2. The van der Waals surface area contributed by atoms with Gasteiger partial charge >= 0.3 is 6.18 Å². The molecule has 1 fully saturated rings.